The summed E-state index contributed by atoms with van der Waals surface area (Å²) in [6.07, 6.45) is 0. The first kappa shape index (κ1) is 25.5. The second-order valence-electron chi connectivity index (χ2n) is 7.76. The van der Waals surface area contributed by atoms with Gasteiger partial charge in [-0.25, -0.2) is 12.8 Å². The normalized spacial score (nSPS) is 12.6. The van der Waals surface area contributed by atoms with Gasteiger partial charge in [0.1, 0.15) is 11.9 Å². The Balaban J connectivity index is 2.26. The van der Waals surface area contributed by atoms with Crippen molar-refractivity contribution >= 4 is 27.5 Å². The minimum atomic E-state index is -3.69. The quantitative estimate of drug-likeness (QED) is 0.594. The molecule has 9 heteroatoms. The van der Waals surface area contributed by atoms with Gasteiger partial charge in [0.15, 0.2) is 0 Å². The van der Waals surface area contributed by atoms with Gasteiger partial charge >= 0.3 is 0 Å². The number of carbonyl (C=O) groups is 2. The molecule has 0 fully saturated rings. The molecule has 2 aromatic rings. The fraction of sp³-hybridized carbons (Fsp3) is 0.391. The number of hydrogen-bond donors (Lipinski definition) is 2. The van der Waals surface area contributed by atoms with E-state index in [-0.39, 0.29) is 16.4 Å². The Morgan fingerprint density at radius 2 is 1.62 bits per heavy atom. The van der Waals surface area contributed by atoms with Crippen molar-refractivity contribution in [2.45, 2.75) is 45.6 Å². The van der Waals surface area contributed by atoms with Crippen molar-refractivity contribution in [2.75, 3.05) is 18.4 Å². The standard InChI is InChI=1S/C23H30FN3O4S/c1-6-27(7-2)32(30,31)19-13-8-16(5)20(14-19)25-23(29)21(15(3)4)26-22(28)17-9-11-18(24)12-10-17/h8-15,21H,6-7H2,1-5H3,(H,25,29)(H,26,28). The highest BCUT2D eigenvalue weighted by molar-refractivity contribution is 7.89. The Hall–Kier alpha value is -2.78. The van der Waals surface area contributed by atoms with Gasteiger partial charge in [0.05, 0.1) is 4.90 Å². The van der Waals surface area contributed by atoms with E-state index in [1.165, 1.54) is 40.7 Å². The lowest BCUT2D eigenvalue weighted by Gasteiger charge is -2.23. The van der Waals surface area contributed by atoms with Crippen LogP contribution in [0.5, 0.6) is 0 Å². The lowest BCUT2D eigenvalue weighted by Crippen LogP contribution is -2.47. The van der Waals surface area contributed by atoms with Gasteiger partial charge in [0.25, 0.3) is 5.91 Å². The molecule has 0 saturated heterocycles. The number of anilines is 1. The number of halogens is 1. The number of sulfonamides is 1. The minimum Gasteiger partial charge on any atom is -0.340 e. The predicted octanol–water partition coefficient (Wildman–Crippen LogP) is 3.56. The lowest BCUT2D eigenvalue weighted by molar-refractivity contribution is -0.118. The van der Waals surface area contributed by atoms with Crippen LogP contribution in [0.25, 0.3) is 0 Å². The first-order valence-corrected chi connectivity index (χ1v) is 11.9. The van der Waals surface area contributed by atoms with Crippen LogP contribution >= 0.6 is 0 Å². The average molecular weight is 464 g/mol. The summed E-state index contributed by atoms with van der Waals surface area (Å²) in [5, 5.41) is 5.42. The average Bonchev–Trinajstić information content (AvgIpc) is 2.74. The maximum atomic E-state index is 13.1. The third-order valence-electron chi connectivity index (χ3n) is 5.15. The summed E-state index contributed by atoms with van der Waals surface area (Å²) in [5.41, 5.74) is 1.27. The van der Waals surface area contributed by atoms with Gasteiger partial charge in [-0.05, 0) is 54.8 Å². The number of rotatable bonds is 9. The van der Waals surface area contributed by atoms with Gasteiger partial charge in [-0.3, -0.25) is 9.59 Å². The van der Waals surface area contributed by atoms with Crippen molar-refractivity contribution < 1.29 is 22.4 Å². The van der Waals surface area contributed by atoms with Gasteiger partial charge < -0.3 is 10.6 Å². The Morgan fingerprint density at radius 1 is 1.03 bits per heavy atom. The van der Waals surface area contributed by atoms with Crippen molar-refractivity contribution in [3.63, 3.8) is 0 Å². The van der Waals surface area contributed by atoms with E-state index in [1.807, 2.05) is 0 Å². The third-order valence-corrected chi connectivity index (χ3v) is 7.20. The fourth-order valence-electron chi connectivity index (χ4n) is 3.18. The number of benzene rings is 2. The van der Waals surface area contributed by atoms with Crippen LogP contribution < -0.4 is 10.6 Å². The molecule has 2 rings (SSSR count). The van der Waals surface area contributed by atoms with E-state index in [1.54, 1.807) is 40.7 Å². The molecule has 0 aromatic heterocycles. The maximum Gasteiger partial charge on any atom is 0.251 e. The van der Waals surface area contributed by atoms with Crippen molar-refractivity contribution in [3.8, 4) is 0 Å². The zero-order chi connectivity index (χ0) is 24.1. The van der Waals surface area contributed by atoms with Crippen LogP contribution in [-0.2, 0) is 14.8 Å². The van der Waals surface area contributed by atoms with Crippen molar-refractivity contribution in [1.82, 2.24) is 9.62 Å². The number of amides is 2. The number of nitrogens with one attached hydrogen (secondary N) is 2. The molecule has 32 heavy (non-hydrogen) atoms. The second-order valence-corrected chi connectivity index (χ2v) is 9.70. The molecule has 0 radical (unpaired) electrons. The van der Waals surface area contributed by atoms with Crippen LogP contribution in [0.2, 0.25) is 0 Å². The van der Waals surface area contributed by atoms with Crippen molar-refractivity contribution in [1.29, 1.82) is 0 Å². The number of hydrogen-bond acceptors (Lipinski definition) is 4. The smallest absolute Gasteiger partial charge is 0.251 e. The zero-order valence-corrected chi connectivity index (χ0v) is 19.8. The van der Waals surface area contributed by atoms with E-state index in [4.69, 9.17) is 0 Å². The molecule has 0 spiro atoms. The molecular formula is C23H30FN3O4S. The summed E-state index contributed by atoms with van der Waals surface area (Å²) in [7, 11) is -3.69. The first-order chi connectivity index (χ1) is 15.0. The SMILES string of the molecule is CCN(CC)S(=O)(=O)c1ccc(C)c(NC(=O)C(NC(=O)c2ccc(F)cc2)C(C)C)c1. The third kappa shape index (κ3) is 5.92. The van der Waals surface area contributed by atoms with E-state index >= 15 is 0 Å². The minimum absolute atomic E-state index is 0.0820. The summed E-state index contributed by atoms with van der Waals surface area (Å²) in [4.78, 5) is 25.6. The molecule has 1 atom stereocenters. The molecular weight excluding hydrogens is 433 g/mol. The van der Waals surface area contributed by atoms with Crippen LogP contribution in [-0.4, -0.2) is 43.7 Å². The van der Waals surface area contributed by atoms with Crippen LogP contribution in [0.15, 0.2) is 47.4 Å². The summed E-state index contributed by atoms with van der Waals surface area (Å²) < 4.78 is 40.1. The monoisotopic (exact) mass is 463 g/mol. The molecule has 0 aliphatic rings. The largest absolute Gasteiger partial charge is 0.340 e. The molecule has 174 valence electrons. The topological polar surface area (TPSA) is 95.6 Å². The summed E-state index contributed by atoms with van der Waals surface area (Å²) in [6.45, 7) is 9.50. The summed E-state index contributed by atoms with van der Waals surface area (Å²) in [6, 6.07) is 8.71. The molecule has 0 heterocycles. The molecule has 7 nitrogen and oxygen atoms in total. The van der Waals surface area contributed by atoms with Crippen LogP contribution in [0, 0.1) is 18.7 Å². The van der Waals surface area contributed by atoms with Crippen LogP contribution in [0.1, 0.15) is 43.6 Å². The van der Waals surface area contributed by atoms with Gasteiger partial charge in [-0.1, -0.05) is 33.8 Å². The van der Waals surface area contributed by atoms with Crippen molar-refractivity contribution in [3.05, 3.63) is 59.4 Å². The highest BCUT2D eigenvalue weighted by Crippen LogP contribution is 2.23. The number of carbonyl (C=O) groups excluding carboxylic acids is 2. The molecule has 0 aliphatic heterocycles. The number of nitrogens with zero attached hydrogens (tertiary/aromatic N) is 1. The van der Waals surface area contributed by atoms with Crippen molar-refractivity contribution in [2.24, 2.45) is 5.92 Å². The highest BCUT2D eigenvalue weighted by Gasteiger charge is 2.27. The van der Waals surface area contributed by atoms with E-state index < -0.39 is 33.7 Å². The predicted molar refractivity (Wildman–Crippen MR) is 122 cm³/mol. The molecule has 2 amide bonds. The van der Waals surface area contributed by atoms with Crippen LogP contribution in [0.3, 0.4) is 0 Å². The molecule has 2 N–H and O–H groups in total. The lowest BCUT2D eigenvalue weighted by atomic mass is 10.0. The fourth-order valence-corrected chi connectivity index (χ4v) is 4.66. The Morgan fingerprint density at radius 3 is 2.16 bits per heavy atom. The van der Waals surface area contributed by atoms with Gasteiger partial charge in [-0.2, -0.15) is 4.31 Å². The van der Waals surface area contributed by atoms with Gasteiger partial charge in [0.2, 0.25) is 15.9 Å². The zero-order valence-electron chi connectivity index (χ0n) is 19.0. The Labute approximate surface area is 189 Å². The molecule has 0 aliphatic carbocycles. The van der Waals surface area contributed by atoms with Gasteiger partial charge in [-0.15, -0.1) is 0 Å². The molecule has 2 aromatic carbocycles. The molecule has 0 bridgehead atoms. The van der Waals surface area contributed by atoms with E-state index in [9.17, 15) is 22.4 Å². The molecule has 0 saturated carbocycles. The summed E-state index contributed by atoms with van der Waals surface area (Å²) >= 11 is 0. The number of aryl methyl sites for hydroxylation is 1. The highest BCUT2D eigenvalue weighted by atomic mass is 32.2. The summed E-state index contributed by atoms with van der Waals surface area (Å²) in [5.74, 6) is -1.69. The second kappa shape index (κ2) is 10.7. The van der Waals surface area contributed by atoms with E-state index in [0.29, 0.717) is 24.3 Å². The first-order valence-electron chi connectivity index (χ1n) is 10.5. The van der Waals surface area contributed by atoms with E-state index in [0.717, 1.165) is 0 Å². The van der Waals surface area contributed by atoms with Gasteiger partial charge in [0, 0.05) is 24.3 Å². The Kier molecular flexibility index (Phi) is 8.51. The van der Waals surface area contributed by atoms with E-state index in [2.05, 4.69) is 10.6 Å². The maximum absolute atomic E-state index is 13.1. The Bertz CT molecular complexity index is 1070. The molecule has 1 unspecified atom stereocenters. The van der Waals surface area contributed by atoms with Crippen LogP contribution in [0.4, 0.5) is 10.1 Å².